The fourth-order valence-electron chi connectivity index (χ4n) is 3.17. The van der Waals surface area contributed by atoms with Crippen LogP contribution in [0.4, 0.5) is 0 Å². The fourth-order valence-corrected chi connectivity index (χ4v) is 3.44. The topological polar surface area (TPSA) is 12.0 Å². The molecular weight excluding hydrogens is 298 g/mol. The molecule has 1 heterocycles. The maximum absolute atomic E-state index is 3.58. The molecule has 0 spiro atoms. The first-order valence-electron chi connectivity index (χ1n) is 7.47. The minimum Gasteiger partial charge on any atom is -0.316 e. The van der Waals surface area contributed by atoms with E-state index in [9.17, 15) is 0 Å². The molecule has 0 saturated carbocycles. The van der Waals surface area contributed by atoms with Crippen molar-refractivity contribution >= 4 is 15.9 Å². The number of nitrogens with one attached hydrogen (secondary N) is 1. The van der Waals surface area contributed by atoms with Gasteiger partial charge in [-0.05, 0) is 48.4 Å². The van der Waals surface area contributed by atoms with Crippen molar-refractivity contribution in [3.63, 3.8) is 0 Å². The summed E-state index contributed by atoms with van der Waals surface area (Å²) in [7, 11) is 0. The molecule has 0 amide bonds. The van der Waals surface area contributed by atoms with Crippen molar-refractivity contribution in [2.45, 2.75) is 46.0 Å². The molecule has 1 fully saturated rings. The van der Waals surface area contributed by atoms with E-state index >= 15 is 0 Å². The number of hydrogen-bond acceptors (Lipinski definition) is 1. The summed E-state index contributed by atoms with van der Waals surface area (Å²) in [4.78, 5) is 0. The summed E-state index contributed by atoms with van der Waals surface area (Å²) >= 11 is 3.53. The van der Waals surface area contributed by atoms with Crippen LogP contribution in [-0.4, -0.2) is 13.1 Å². The molecule has 0 bridgehead atoms. The van der Waals surface area contributed by atoms with Crippen molar-refractivity contribution in [2.24, 2.45) is 11.3 Å². The number of rotatable bonds is 4. The Bertz CT molecular complexity index is 398. The van der Waals surface area contributed by atoms with Gasteiger partial charge in [-0.15, -0.1) is 0 Å². The first-order valence-corrected chi connectivity index (χ1v) is 8.27. The molecule has 1 N–H and O–H groups in total. The van der Waals surface area contributed by atoms with Gasteiger partial charge in [0.25, 0.3) is 0 Å². The molecule has 19 heavy (non-hydrogen) atoms. The van der Waals surface area contributed by atoms with Crippen LogP contribution in [0.1, 0.15) is 51.5 Å². The first kappa shape index (κ1) is 15.1. The van der Waals surface area contributed by atoms with Crippen LogP contribution in [0.15, 0.2) is 28.7 Å². The second-order valence-corrected chi connectivity index (χ2v) is 7.56. The van der Waals surface area contributed by atoms with Crippen molar-refractivity contribution in [2.75, 3.05) is 13.1 Å². The lowest BCUT2D eigenvalue weighted by molar-refractivity contribution is 0.161. The molecule has 0 aliphatic carbocycles. The molecule has 1 saturated heterocycles. The summed E-state index contributed by atoms with van der Waals surface area (Å²) in [5, 5.41) is 3.58. The molecule has 1 aromatic rings. The zero-order chi connectivity index (χ0) is 13.9. The summed E-state index contributed by atoms with van der Waals surface area (Å²) in [5.74, 6) is 1.45. The Morgan fingerprint density at radius 3 is 2.63 bits per heavy atom. The Morgan fingerprint density at radius 1 is 1.32 bits per heavy atom. The predicted molar refractivity (Wildman–Crippen MR) is 86.5 cm³/mol. The van der Waals surface area contributed by atoms with Gasteiger partial charge in [0, 0.05) is 16.9 Å². The molecule has 2 atom stereocenters. The van der Waals surface area contributed by atoms with Crippen LogP contribution < -0.4 is 5.32 Å². The second-order valence-electron chi connectivity index (χ2n) is 6.64. The normalized spacial score (nSPS) is 27.7. The van der Waals surface area contributed by atoms with E-state index in [1.54, 1.807) is 0 Å². The molecule has 0 aromatic heterocycles. The van der Waals surface area contributed by atoms with E-state index < -0.39 is 0 Å². The van der Waals surface area contributed by atoms with Gasteiger partial charge in [-0.1, -0.05) is 55.3 Å². The Labute approximate surface area is 126 Å². The molecule has 1 nitrogen and oxygen atoms in total. The zero-order valence-electron chi connectivity index (χ0n) is 12.4. The van der Waals surface area contributed by atoms with Crippen molar-refractivity contribution in [1.29, 1.82) is 0 Å². The van der Waals surface area contributed by atoms with Crippen molar-refractivity contribution in [1.82, 2.24) is 5.32 Å². The SMILES string of the molecule is CC(C)CCC1(C)CCNCC1c1ccc(Br)cc1. The van der Waals surface area contributed by atoms with Crippen molar-refractivity contribution in [3.05, 3.63) is 34.3 Å². The van der Waals surface area contributed by atoms with Crippen molar-refractivity contribution < 1.29 is 0 Å². The standard InChI is InChI=1S/C17H26BrN/c1-13(2)8-9-17(3)10-11-19-12-16(17)14-4-6-15(18)7-5-14/h4-7,13,16,19H,8-12H2,1-3H3. The molecular formula is C17H26BrN. The van der Waals surface area contributed by atoms with Gasteiger partial charge in [0.1, 0.15) is 0 Å². The number of benzene rings is 1. The lowest BCUT2D eigenvalue weighted by Crippen LogP contribution is -2.42. The largest absolute Gasteiger partial charge is 0.316 e. The fraction of sp³-hybridized carbons (Fsp3) is 0.647. The third-order valence-corrected chi connectivity index (χ3v) is 5.16. The number of piperidine rings is 1. The number of hydrogen-bond donors (Lipinski definition) is 1. The molecule has 106 valence electrons. The van der Waals surface area contributed by atoms with Gasteiger partial charge in [-0.2, -0.15) is 0 Å². The lowest BCUT2D eigenvalue weighted by Gasteiger charge is -2.43. The van der Waals surface area contributed by atoms with Crippen LogP contribution in [0.2, 0.25) is 0 Å². The van der Waals surface area contributed by atoms with E-state index in [0.29, 0.717) is 11.3 Å². The molecule has 0 radical (unpaired) electrons. The molecule has 2 rings (SSSR count). The Morgan fingerprint density at radius 2 is 2.00 bits per heavy atom. The van der Waals surface area contributed by atoms with Gasteiger partial charge < -0.3 is 5.32 Å². The van der Waals surface area contributed by atoms with E-state index in [1.165, 1.54) is 35.8 Å². The molecule has 2 unspecified atom stereocenters. The summed E-state index contributed by atoms with van der Waals surface area (Å²) in [6, 6.07) is 8.92. The minimum absolute atomic E-state index is 0.448. The molecule has 2 heteroatoms. The minimum atomic E-state index is 0.448. The van der Waals surface area contributed by atoms with E-state index in [1.807, 2.05) is 0 Å². The van der Waals surface area contributed by atoms with Crippen LogP contribution in [-0.2, 0) is 0 Å². The Balaban J connectivity index is 2.17. The van der Waals surface area contributed by atoms with Gasteiger partial charge in [-0.3, -0.25) is 0 Å². The number of halogens is 1. The summed E-state index contributed by atoms with van der Waals surface area (Å²) < 4.78 is 1.17. The third-order valence-electron chi connectivity index (χ3n) is 4.63. The summed E-state index contributed by atoms with van der Waals surface area (Å²) in [6.45, 7) is 9.44. The van der Waals surface area contributed by atoms with Crippen LogP contribution in [0.5, 0.6) is 0 Å². The van der Waals surface area contributed by atoms with Crippen LogP contribution in [0, 0.1) is 11.3 Å². The maximum Gasteiger partial charge on any atom is 0.0175 e. The van der Waals surface area contributed by atoms with E-state index in [-0.39, 0.29) is 0 Å². The Hall–Kier alpha value is -0.340. The monoisotopic (exact) mass is 323 g/mol. The van der Waals surface area contributed by atoms with Gasteiger partial charge in [0.2, 0.25) is 0 Å². The van der Waals surface area contributed by atoms with Gasteiger partial charge in [0.15, 0.2) is 0 Å². The van der Waals surface area contributed by atoms with Gasteiger partial charge >= 0.3 is 0 Å². The first-order chi connectivity index (χ1) is 9.01. The highest BCUT2D eigenvalue weighted by atomic mass is 79.9. The molecule has 1 aliphatic heterocycles. The average Bonchev–Trinajstić information content (AvgIpc) is 2.38. The van der Waals surface area contributed by atoms with E-state index in [2.05, 4.69) is 66.3 Å². The van der Waals surface area contributed by atoms with Crippen LogP contribution >= 0.6 is 15.9 Å². The van der Waals surface area contributed by atoms with E-state index in [0.717, 1.165) is 12.5 Å². The highest BCUT2D eigenvalue weighted by Gasteiger charge is 2.36. The quantitative estimate of drug-likeness (QED) is 0.824. The highest BCUT2D eigenvalue weighted by Crippen LogP contribution is 2.44. The van der Waals surface area contributed by atoms with Crippen LogP contribution in [0.25, 0.3) is 0 Å². The van der Waals surface area contributed by atoms with Gasteiger partial charge in [0.05, 0.1) is 0 Å². The van der Waals surface area contributed by atoms with Crippen molar-refractivity contribution in [3.8, 4) is 0 Å². The zero-order valence-corrected chi connectivity index (χ0v) is 14.0. The van der Waals surface area contributed by atoms with Crippen LogP contribution in [0.3, 0.4) is 0 Å². The molecule has 1 aliphatic rings. The second kappa shape index (κ2) is 6.41. The Kier molecular flexibility index (Phi) is 5.08. The third kappa shape index (κ3) is 3.82. The predicted octanol–water partition coefficient (Wildman–Crippen LogP) is 4.97. The molecule has 1 aromatic carbocycles. The highest BCUT2D eigenvalue weighted by molar-refractivity contribution is 9.10. The summed E-state index contributed by atoms with van der Waals surface area (Å²) in [5.41, 5.74) is 1.94. The van der Waals surface area contributed by atoms with Gasteiger partial charge in [-0.25, -0.2) is 0 Å². The maximum atomic E-state index is 3.58. The average molecular weight is 324 g/mol. The van der Waals surface area contributed by atoms with E-state index in [4.69, 9.17) is 0 Å². The smallest absolute Gasteiger partial charge is 0.0175 e. The lowest BCUT2D eigenvalue weighted by atomic mass is 9.66. The summed E-state index contributed by atoms with van der Waals surface area (Å²) in [6.07, 6.45) is 3.97.